The minimum absolute atomic E-state index is 0.0947. The molecule has 3 heterocycles. The van der Waals surface area contributed by atoms with Gasteiger partial charge in [-0.25, -0.2) is 8.42 Å². The first kappa shape index (κ1) is 24.0. The van der Waals surface area contributed by atoms with Gasteiger partial charge in [0.05, 0.1) is 9.80 Å². The van der Waals surface area contributed by atoms with E-state index in [1.54, 1.807) is 29.2 Å². The van der Waals surface area contributed by atoms with Crippen LogP contribution < -0.4 is 4.90 Å². The number of aryl methyl sites for hydroxylation is 1. The highest BCUT2D eigenvalue weighted by Crippen LogP contribution is 2.36. The largest absolute Gasteiger partial charge is 0.420 e. The van der Waals surface area contributed by atoms with Gasteiger partial charge in [0, 0.05) is 25.7 Å². The summed E-state index contributed by atoms with van der Waals surface area (Å²) in [6.45, 7) is 5.92. The van der Waals surface area contributed by atoms with Crippen LogP contribution in [0, 0.1) is 6.92 Å². The average molecular weight is 506 g/mol. The van der Waals surface area contributed by atoms with Gasteiger partial charge in [0.1, 0.15) is 4.32 Å². The summed E-state index contributed by atoms with van der Waals surface area (Å²) in [6.07, 6.45) is 6.32. The predicted octanol–water partition coefficient (Wildman–Crippen LogP) is 4.81. The number of thioether (sulfide) groups is 1. The fraction of sp³-hybridized carbons (Fsp3) is 0.435. The Morgan fingerprint density at radius 1 is 1.18 bits per heavy atom. The van der Waals surface area contributed by atoms with Gasteiger partial charge in [0.15, 0.2) is 0 Å². The normalized spacial score (nSPS) is 18.5. The molecule has 0 N–H and O–H groups in total. The summed E-state index contributed by atoms with van der Waals surface area (Å²) in [5, 5.41) is -0.110. The third-order valence-corrected chi connectivity index (χ3v) is 8.73. The van der Waals surface area contributed by atoms with Crippen molar-refractivity contribution in [2.45, 2.75) is 55.9 Å². The smallest absolute Gasteiger partial charge is 0.266 e. The van der Waals surface area contributed by atoms with E-state index < -0.39 is 9.84 Å². The molecule has 7 nitrogen and oxygen atoms in total. The number of piperidine rings is 1. The molecule has 1 aromatic heterocycles. The minimum atomic E-state index is -3.90. The van der Waals surface area contributed by atoms with Gasteiger partial charge in [-0.2, -0.15) is 4.98 Å². The third-order valence-electron chi connectivity index (χ3n) is 5.69. The van der Waals surface area contributed by atoms with Crippen LogP contribution in [-0.4, -0.2) is 48.2 Å². The van der Waals surface area contributed by atoms with Crippen LogP contribution in [0.25, 0.3) is 6.08 Å². The number of hydrogen-bond acceptors (Lipinski definition) is 8. The number of thiocarbonyl (C=S) groups is 1. The van der Waals surface area contributed by atoms with E-state index in [0.717, 1.165) is 37.7 Å². The zero-order chi connectivity index (χ0) is 23.6. The Balaban J connectivity index is 1.73. The molecule has 2 saturated heterocycles. The maximum absolute atomic E-state index is 13.5. The summed E-state index contributed by atoms with van der Waals surface area (Å²) in [6, 6.07) is 6.68. The third kappa shape index (κ3) is 5.02. The van der Waals surface area contributed by atoms with Gasteiger partial charge < -0.3 is 9.32 Å². The van der Waals surface area contributed by atoms with Crippen LogP contribution in [0.2, 0.25) is 0 Å². The van der Waals surface area contributed by atoms with Gasteiger partial charge in [-0.15, -0.1) is 0 Å². The van der Waals surface area contributed by atoms with Crippen molar-refractivity contribution in [1.82, 2.24) is 9.88 Å². The lowest BCUT2D eigenvalue weighted by atomic mass is 10.1. The van der Waals surface area contributed by atoms with Crippen molar-refractivity contribution in [2.24, 2.45) is 0 Å². The van der Waals surface area contributed by atoms with E-state index in [0.29, 0.717) is 28.9 Å². The van der Waals surface area contributed by atoms with E-state index in [1.807, 2.05) is 11.8 Å². The SMILES string of the molecule is CCCCN1C(=O)C(=Cc2nc(S(=O)(=O)c3ccc(C)cc3)c(N3CCCCC3)o2)SC1=S. The van der Waals surface area contributed by atoms with Crippen LogP contribution in [-0.2, 0) is 14.6 Å². The molecule has 2 aliphatic rings. The van der Waals surface area contributed by atoms with Crippen molar-refractivity contribution in [1.29, 1.82) is 0 Å². The average Bonchev–Trinajstić information content (AvgIpc) is 3.35. The quantitative estimate of drug-likeness (QED) is 0.392. The molecule has 2 fully saturated rings. The van der Waals surface area contributed by atoms with E-state index >= 15 is 0 Å². The Hall–Kier alpha value is -2.17. The highest BCUT2D eigenvalue weighted by molar-refractivity contribution is 8.26. The molecule has 0 aliphatic carbocycles. The summed E-state index contributed by atoms with van der Waals surface area (Å²) in [5.41, 5.74) is 0.969. The van der Waals surface area contributed by atoms with Crippen LogP contribution in [0.15, 0.2) is 43.5 Å². The molecule has 0 atom stereocenters. The van der Waals surface area contributed by atoms with Crippen LogP contribution in [0.5, 0.6) is 0 Å². The molecule has 0 radical (unpaired) electrons. The molecule has 33 heavy (non-hydrogen) atoms. The Bertz CT molecular complexity index is 1180. The molecule has 0 bridgehead atoms. The first-order chi connectivity index (χ1) is 15.8. The molecular weight excluding hydrogens is 478 g/mol. The topological polar surface area (TPSA) is 83.7 Å². The zero-order valence-electron chi connectivity index (χ0n) is 18.7. The van der Waals surface area contributed by atoms with Crippen LogP contribution in [0.1, 0.15) is 50.5 Å². The summed E-state index contributed by atoms with van der Waals surface area (Å²) in [5.74, 6) is 0.138. The van der Waals surface area contributed by atoms with Gasteiger partial charge in [-0.3, -0.25) is 9.69 Å². The number of aromatic nitrogens is 1. The van der Waals surface area contributed by atoms with Crippen molar-refractivity contribution in [2.75, 3.05) is 24.5 Å². The molecule has 1 aromatic carbocycles. The molecule has 0 unspecified atom stereocenters. The van der Waals surface area contributed by atoms with Crippen LogP contribution in [0.3, 0.4) is 0 Å². The number of unbranched alkanes of at least 4 members (excludes halogenated alkanes) is 1. The Labute approximate surface area is 204 Å². The zero-order valence-corrected chi connectivity index (χ0v) is 21.2. The lowest BCUT2D eigenvalue weighted by Gasteiger charge is -2.26. The molecule has 1 amide bonds. The lowest BCUT2D eigenvalue weighted by Crippen LogP contribution is -2.30. The van der Waals surface area contributed by atoms with E-state index in [1.165, 1.54) is 17.8 Å². The number of rotatable bonds is 7. The lowest BCUT2D eigenvalue weighted by molar-refractivity contribution is -0.122. The monoisotopic (exact) mass is 505 g/mol. The van der Waals surface area contributed by atoms with E-state index in [4.69, 9.17) is 16.6 Å². The first-order valence-corrected chi connectivity index (χ1v) is 13.8. The molecule has 0 saturated carbocycles. The summed E-state index contributed by atoms with van der Waals surface area (Å²) < 4.78 is 33.4. The number of carbonyl (C=O) groups excluding carboxylic acids is 1. The van der Waals surface area contributed by atoms with Crippen molar-refractivity contribution < 1.29 is 17.6 Å². The standard InChI is InChI=1S/C23H27N3O4S3/c1-3-4-14-26-21(27)18(32-23(26)31)15-19-24-20(22(30-19)25-12-6-5-7-13-25)33(28,29)17-10-8-16(2)9-11-17/h8-11,15H,3-7,12-14H2,1-2H3. The number of amides is 1. The second kappa shape index (κ2) is 9.99. The molecule has 4 rings (SSSR count). The second-order valence-corrected chi connectivity index (χ2v) is 11.8. The molecule has 2 aromatic rings. The fourth-order valence-electron chi connectivity index (χ4n) is 3.80. The number of hydrogen-bond donors (Lipinski definition) is 0. The molecule has 176 valence electrons. The maximum atomic E-state index is 13.5. The molecule has 0 spiro atoms. The van der Waals surface area contributed by atoms with Crippen molar-refractivity contribution >= 4 is 56.0 Å². The van der Waals surface area contributed by atoms with E-state index in [-0.39, 0.29) is 27.6 Å². The van der Waals surface area contributed by atoms with Crippen molar-refractivity contribution in [3.63, 3.8) is 0 Å². The first-order valence-electron chi connectivity index (χ1n) is 11.1. The molecular formula is C23H27N3O4S3. The highest BCUT2D eigenvalue weighted by Gasteiger charge is 2.34. The number of anilines is 1. The van der Waals surface area contributed by atoms with Gasteiger partial charge >= 0.3 is 0 Å². The summed E-state index contributed by atoms with van der Waals surface area (Å²) in [4.78, 5) is 21.3. The molecule has 10 heteroatoms. The highest BCUT2D eigenvalue weighted by atomic mass is 32.2. The Morgan fingerprint density at radius 2 is 1.88 bits per heavy atom. The van der Waals surface area contributed by atoms with Gasteiger partial charge in [0.2, 0.25) is 26.6 Å². The number of carbonyl (C=O) groups is 1. The number of oxazole rings is 1. The second-order valence-electron chi connectivity index (χ2n) is 8.21. The minimum Gasteiger partial charge on any atom is -0.420 e. The van der Waals surface area contributed by atoms with Crippen molar-refractivity contribution in [3.8, 4) is 0 Å². The number of sulfone groups is 1. The predicted molar refractivity (Wildman–Crippen MR) is 134 cm³/mol. The van der Waals surface area contributed by atoms with Gasteiger partial charge in [0.25, 0.3) is 5.91 Å². The fourth-order valence-corrected chi connectivity index (χ4v) is 6.40. The van der Waals surface area contributed by atoms with E-state index in [2.05, 4.69) is 11.9 Å². The number of benzene rings is 1. The van der Waals surface area contributed by atoms with Gasteiger partial charge in [-0.05, 0) is 44.7 Å². The van der Waals surface area contributed by atoms with Crippen LogP contribution >= 0.6 is 24.0 Å². The maximum Gasteiger partial charge on any atom is 0.266 e. The van der Waals surface area contributed by atoms with Crippen molar-refractivity contribution in [3.05, 3.63) is 40.6 Å². The molecule has 2 aliphatic heterocycles. The number of nitrogens with zero attached hydrogens (tertiary/aromatic N) is 3. The Morgan fingerprint density at radius 3 is 2.55 bits per heavy atom. The van der Waals surface area contributed by atoms with Gasteiger partial charge in [-0.1, -0.05) is 55.0 Å². The van der Waals surface area contributed by atoms with E-state index in [9.17, 15) is 13.2 Å². The summed E-state index contributed by atoms with van der Waals surface area (Å²) >= 11 is 6.55. The van der Waals surface area contributed by atoms with Crippen LogP contribution in [0.4, 0.5) is 5.88 Å². The Kier molecular flexibility index (Phi) is 7.25. The summed E-state index contributed by atoms with van der Waals surface area (Å²) in [7, 11) is -3.90.